The minimum absolute atomic E-state index is 0.102. The van der Waals surface area contributed by atoms with E-state index >= 15 is 0 Å². The molecule has 1 saturated heterocycles. The van der Waals surface area contributed by atoms with Crippen molar-refractivity contribution < 1.29 is 13.2 Å². The van der Waals surface area contributed by atoms with E-state index in [0.29, 0.717) is 35.6 Å². The van der Waals surface area contributed by atoms with Crippen molar-refractivity contribution in [3.05, 3.63) is 23.6 Å². The van der Waals surface area contributed by atoms with Crippen LogP contribution in [0, 0.1) is 0 Å². The standard InChI is InChI=1S/C16H23ClN8O3S/c1-18-14(26)10-24-9-11(6-21-24)22-16-20-8-13(17)15(23-16)19-7-12-4-3-5-25(12)29(2,27)28/h6,8-9,12H,3-5,7,10H2,1-2H3,(H,18,26)(H2,19,20,22,23). The van der Waals surface area contributed by atoms with Gasteiger partial charge in [0.05, 0.1) is 24.3 Å². The van der Waals surface area contributed by atoms with Gasteiger partial charge in [-0.05, 0) is 12.8 Å². The Morgan fingerprint density at radius 3 is 2.90 bits per heavy atom. The molecule has 0 saturated carbocycles. The Balaban J connectivity index is 1.65. The maximum Gasteiger partial charge on any atom is 0.241 e. The van der Waals surface area contributed by atoms with Gasteiger partial charge in [-0.25, -0.2) is 13.4 Å². The molecule has 3 N–H and O–H groups in total. The van der Waals surface area contributed by atoms with Crippen molar-refractivity contribution in [1.29, 1.82) is 0 Å². The zero-order chi connectivity index (χ0) is 21.0. The van der Waals surface area contributed by atoms with E-state index in [1.165, 1.54) is 21.4 Å². The highest BCUT2D eigenvalue weighted by atomic mass is 35.5. The Hall–Kier alpha value is -2.44. The quantitative estimate of drug-likeness (QED) is 0.542. The van der Waals surface area contributed by atoms with Crippen LogP contribution in [-0.2, 0) is 21.4 Å². The summed E-state index contributed by atoms with van der Waals surface area (Å²) in [6, 6.07) is -0.143. The van der Waals surface area contributed by atoms with Crippen molar-refractivity contribution in [2.24, 2.45) is 0 Å². The van der Waals surface area contributed by atoms with E-state index in [1.54, 1.807) is 19.4 Å². The molecule has 2 aromatic rings. The third-order valence-corrected chi connectivity index (χ3v) is 6.08. The molecule has 0 radical (unpaired) electrons. The first-order chi connectivity index (χ1) is 13.8. The van der Waals surface area contributed by atoms with Crippen LogP contribution in [-0.4, -0.2) is 70.8 Å². The van der Waals surface area contributed by atoms with Gasteiger partial charge in [0, 0.05) is 32.4 Å². The van der Waals surface area contributed by atoms with Crippen LogP contribution < -0.4 is 16.0 Å². The maximum atomic E-state index is 11.9. The number of hydrogen-bond donors (Lipinski definition) is 3. The minimum Gasteiger partial charge on any atom is -0.367 e. The molecule has 1 atom stereocenters. The number of carbonyl (C=O) groups is 1. The van der Waals surface area contributed by atoms with E-state index in [1.807, 2.05) is 0 Å². The molecule has 0 spiro atoms. The van der Waals surface area contributed by atoms with Gasteiger partial charge in [-0.1, -0.05) is 11.6 Å². The largest absolute Gasteiger partial charge is 0.367 e. The van der Waals surface area contributed by atoms with Crippen molar-refractivity contribution in [2.75, 3.05) is 37.0 Å². The van der Waals surface area contributed by atoms with Gasteiger partial charge in [0.25, 0.3) is 0 Å². The van der Waals surface area contributed by atoms with Crippen molar-refractivity contribution in [3.63, 3.8) is 0 Å². The third-order valence-electron chi connectivity index (χ3n) is 4.47. The molecule has 3 rings (SSSR count). The summed E-state index contributed by atoms with van der Waals surface area (Å²) in [6.45, 7) is 1.02. The van der Waals surface area contributed by atoms with Crippen LogP contribution in [0.2, 0.25) is 5.02 Å². The van der Waals surface area contributed by atoms with Gasteiger partial charge >= 0.3 is 0 Å². The number of hydrogen-bond acceptors (Lipinski definition) is 8. The fourth-order valence-electron chi connectivity index (χ4n) is 3.09. The zero-order valence-corrected chi connectivity index (χ0v) is 17.7. The van der Waals surface area contributed by atoms with Crippen molar-refractivity contribution in [1.82, 2.24) is 29.4 Å². The molecule has 0 aromatic carbocycles. The third kappa shape index (κ3) is 5.55. The number of rotatable bonds is 8. The first kappa shape index (κ1) is 21.3. The number of carbonyl (C=O) groups excluding carboxylic acids is 1. The van der Waals surface area contributed by atoms with E-state index in [0.717, 1.165) is 12.8 Å². The van der Waals surface area contributed by atoms with Crippen LogP contribution >= 0.6 is 11.6 Å². The lowest BCUT2D eigenvalue weighted by atomic mass is 10.2. The molecule has 0 bridgehead atoms. The van der Waals surface area contributed by atoms with Crippen LogP contribution in [0.3, 0.4) is 0 Å². The summed E-state index contributed by atoms with van der Waals surface area (Å²) in [4.78, 5) is 19.9. The molecule has 29 heavy (non-hydrogen) atoms. The fourth-order valence-corrected chi connectivity index (χ4v) is 4.43. The second kappa shape index (κ2) is 8.93. The number of nitrogens with zero attached hydrogens (tertiary/aromatic N) is 5. The highest BCUT2D eigenvalue weighted by molar-refractivity contribution is 7.88. The van der Waals surface area contributed by atoms with Crippen LogP contribution in [0.25, 0.3) is 0 Å². The Morgan fingerprint density at radius 2 is 2.17 bits per heavy atom. The number of halogens is 1. The highest BCUT2D eigenvalue weighted by Gasteiger charge is 2.31. The number of likely N-dealkylation sites (N-methyl/N-ethyl adjacent to an activating group) is 1. The second-order valence-electron chi connectivity index (χ2n) is 6.67. The first-order valence-corrected chi connectivity index (χ1v) is 11.2. The normalized spacial score (nSPS) is 17.3. The lowest BCUT2D eigenvalue weighted by Gasteiger charge is -2.22. The molecule has 1 aliphatic rings. The van der Waals surface area contributed by atoms with E-state index in [9.17, 15) is 13.2 Å². The van der Waals surface area contributed by atoms with E-state index < -0.39 is 10.0 Å². The number of aromatic nitrogens is 4. The lowest BCUT2D eigenvalue weighted by Crippen LogP contribution is -2.38. The van der Waals surface area contributed by atoms with Crippen molar-refractivity contribution >= 4 is 45.0 Å². The number of amides is 1. The second-order valence-corrected chi connectivity index (χ2v) is 9.01. The molecule has 1 unspecified atom stereocenters. The maximum absolute atomic E-state index is 11.9. The van der Waals surface area contributed by atoms with Gasteiger partial charge in [-0.15, -0.1) is 0 Å². The molecule has 158 valence electrons. The van der Waals surface area contributed by atoms with Crippen molar-refractivity contribution in [3.8, 4) is 0 Å². The summed E-state index contributed by atoms with van der Waals surface area (Å²) in [5, 5.41) is 13.1. The average molecular weight is 443 g/mol. The Kier molecular flexibility index (Phi) is 6.55. The Bertz CT molecular complexity index is 980. The summed E-state index contributed by atoms with van der Waals surface area (Å²) in [5.74, 6) is 0.536. The lowest BCUT2D eigenvalue weighted by molar-refractivity contribution is -0.121. The fraction of sp³-hybridized carbons (Fsp3) is 0.500. The van der Waals surface area contributed by atoms with Gasteiger partial charge in [0.15, 0.2) is 5.82 Å². The molecule has 1 aliphatic heterocycles. The molecule has 1 amide bonds. The van der Waals surface area contributed by atoms with E-state index in [-0.39, 0.29) is 18.5 Å². The summed E-state index contributed by atoms with van der Waals surface area (Å²) >= 11 is 6.18. The summed E-state index contributed by atoms with van der Waals surface area (Å²) in [6.07, 6.45) is 7.48. The number of nitrogens with one attached hydrogen (secondary N) is 3. The molecular weight excluding hydrogens is 420 g/mol. The SMILES string of the molecule is CNC(=O)Cn1cc(Nc2ncc(Cl)c(NCC3CCCN3S(C)(=O)=O)n2)cn1. The smallest absolute Gasteiger partial charge is 0.241 e. The number of anilines is 3. The average Bonchev–Trinajstić information content (AvgIpc) is 3.31. The van der Waals surface area contributed by atoms with Crippen LogP contribution in [0.4, 0.5) is 17.5 Å². The molecule has 13 heteroatoms. The van der Waals surface area contributed by atoms with Gasteiger partial charge in [0.1, 0.15) is 11.6 Å². The van der Waals surface area contributed by atoms with Gasteiger partial charge in [0.2, 0.25) is 21.9 Å². The molecule has 11 nitrogen and oxygen atoms in total. The van der Waals surface area contributed by atoms with Gasteiger partial charge in [-0.2, -0.15) is 14.4 Å². The van der Waals surface area contributed by atoms with Crippen molar-refractivity contribution in [2.45, 2.75) is 25.4 Å². The van der Waals surface area contributed by atoms with E-state index in [2.05, 4.69) is 31.0 Å². The molecule has 3 heterocycles. The monoisotopic (exact) mass is 442 g/mol. The highest BCUT2D eigenvalue weighted by Crippen LogP contribution is 2.24. The molecule has 2 aromatic heterocycles. The Labute approximate surface area is 173 Å². The van der Waals surface area contributed by atoms with Crippen LogP contribution in [0.15, 0.2) is 18.6 Å². The Morgan fingerprint density at radius 1 is 1.38 bits per heavy atom. The number of sulfonamides is 1. The van der Waals surface area contributed by atoms with Crippen LogP contribution in [0.5, 0.6) is 0 Å². The first-order valence-electron chi connectivity index (χ1n) is 8.99. The van der Waals surface area contributed by atoms with Gasteiger partial charge in [-0.3, -0.25) is 9.48 Å². The minimum atomic E-state index is -3.25. The summed E-state index contributed by atoms with van der Waals surface area (Å²) in [7, 11) is -1.69. The zero-order valence-electron chi connectivity index (χ0n) is 16.1. The van der Waals surface area contributed by atoms with Crippen LogP contribution in [0.1, 0.15) is 12.8 Å². The predicted octanol–water partition coefficient (Wildman–Crippen LogP) is 0.652. The molecule has 1 fully saturated rings. The summed E-state index contributed by atoms with van der Waals surface area (Å²) in [5.41, 5.74) is 0.612. The molecular formula is C16H23ClN8O3S. The predicted molar refractivity (Wildman–Crippen MR) is 110 cm³/mol. The topological polar surface area (TPSA) is 134 Å². The van der Waals surface area contributed by atoms with E-state index in [4.69, 9.17) is 11.6 Å². The molecule has 0 aliphatic carbocycles. The van der Waals surface area contributed by atoms with Gasteiger partial charge < -0.3 is 16.0 Å². The summed E-state index contributed by atoms with van der Waals surface area (Å²) < 4.78 is 26.7.